The maximum absolute atomic E-state index is 6.02. The van der Waals surface area contributed by atoms with Gasteiger partial charge >= 0.3 is 0 Å². The topological polar surface area (TPSA) is 9.23 Å². The summed E-state index contributed by atoms with van der Waals surface area (Å²) in [5.74, 6) is 0.675. The molecule has 16 heavy (non-hydrogen) atoms. The first-order valence-electron chi connectivity index (χ1n) is 6.15. The lowest BCUT2D eigenvalue weighted by atomic mass is 9.99. The van der Waals surface area contributed by atoms with Gasteiger partial charge in [-0.2, -0.15) is 0 Å². The molecule has 0 saturated carbocycles. The van der Waals surface area contributed by atoms with E-state index >= 15 is 0 Å². The molecule has 1 atom stereocenters. The lowest BCUT2D eigenvalue weighted by Crippen LogP contribution is -2.32. The Morgan fingerprint density at radius 2 is 1.75 bits per heavy atom. The molecule has 1 unspecified atom stereocenters. The summed E-state index contributed by atoms with van der Waals surface area (Å²) < 4.78 is 6.02. The Hall–Kier alpha value is -0.386. The van der Waals surface area contributed by atoms with Gasteiger partial charge in [0.1, 0.15) is 0 Å². The normalized spacial score (nSPS) is 14.6. The quantitative estimate of drug-likeness (QED) is 0.732. The monoisotopic (exact) mass is 252 g/mol. The van der Waals surface area contributed by atoms with Gasteiger partial charge in [0.05, 0.1) is 0 Å². The van der Waals surface area contributed by atoms with Crippen LogP contribution in [0, 0.1) is 0 Å². The molecule has 0 aliphatic heterocycles. The molecule has 0 aliphatic rings. The van der Waals surface area contributed by atoms with E-state index in [0.717, 1.165) is 0 Å². The van der Waals surface area contributed by atoms with Crippen molar-refractivity contribution in [1.82, 2.24) is 0 Å². The Labute approximate surface area is 103 Å². The zero-order valence-electron chi connectivity index (χ0n) is 11.2. The molecule has 0 amide bonds. The predicted octanol–water partition coefficient (Wildman–Crippen LogP) is 2.76. The number of benzene rings is 1. The Balaban J connectivity index is 2.58. The summed E-state index contributed by atoms with van der Waals surface area (Å²) in [4.78, 5) is 0. The van der Waals surface area contributed by atoms with Crippen molar-refractivity contribution in [2.24, 2.45) is 0 Å². The smallest absolute Gasteiger partial charge is 0.178 e. The first-order chi connectivity index (χ1) is 7.42. The summed E-state index contributed by atoms with van der Waals surface area (Å²) >= 11 is 0. The predicted molar refractivity (Wildman–Crippen MR) is 77.8 cm³/mol. The minimum absolute atomic E-state index is 0.501. The fraction of sp³-hybridized carbons (Fsp3) is 0.538. The lowest BCUT2D eigenvalue weighted by Gasteiger charge is -2.17. The maximum atomic E-state index is 6.02. The van der Waals surface area contributed by atoms with Crippen molar-refractivity contribution in [2.45, 2.75) is 45.8 Å². The van der Waals surface area contributed by atoms with Gasteiger partial charge in [-0.15, -0.1) is 0 Å². The molecule has 0 heterocycles. The molecule has 0 spiro atoms. The molecule has 0 saturated heterocycles. The fourth-order valence-electron chi connectivity index (χ4n) is 1.48. The molecule has 90 valence electrons. The van der Waals surface area contributed by atoms with Crippen molar-refractivity contribution in [2.75, 3.05) is 0 Å². The SMILES string of the molecule is CCC(C)c1ccc([SiH2]O[Si](C)(C)C)cc1. The number of rotatable bonds is 5. The molecule has 3 heteroatoms. The van der Waals surface area contributed by atoms with Crippen molar-refractivity contribution in [1.29, 1.82) is 0 Å². The highest BCUT2D eigenvalue weighted by Crippen LogP contribution is 2.16. The fourth-order valence-corrected chi connectivity index (χ4v) is 4.30. The highest BCUT2D eigenvalue weighted by atomic mass is 28.4. The molecular formula is C13H24OSi2. The summed E-state index contributed by atoms with van der Waals surface area (Å²) in [6, 6.07) is 9.05. The highest BCUT2D eigenvalue weighted by Gasteiger charge is 2.13. The van der Waals surface area contributed by atoms with E-state index in [1.807, 2.05) is 0 Å². The second-order valence-corrected chi connectivity index (χ2v) is 11.9. The average molecular weight is 253 g/mol. The molecule has 0 aromatic heterocycles. The largest absolute Gasteiger partial charge is 0.457 e. The van der Waals surface area contributed by atoms with Gasteiger partial charge in [-0.1, -0.05) is 38.1 Å². The molecule has 0 bridgehead atoms. The van der Waals surface area contributed by atoms with Gasteiger partial charge in [-0.3, -0.25) is 0 Å². The van der Waals surface area contributed by atoms with Gasteiger partial charge in [0.15, 0.2) is 18.1 Å². The van der Waals surface area contributed by atoms with Crippen molar-refractivity contribution in [3.63, 3.8) is 0 Å². The van der Waals surface area contributed by atoms with E-state index in [1.54, 1.807) is 0 Å². The molecular weight excluding hydrogens is 228 g/mol. The molecule has 0 N–H and O–H groups in total. The van der Waals surface area contributed by atoms with E-state index in [0.29, 0.717) is 5.92 Å². The van der Waals surface area contributed by atoms with Crippen molar-refractivity contribution in [3.05, 3.63) is 29.8 Å². The minimum atomic E-state index is -1.32. The van der Waals surface area contributed by atoms with Crippen molar-refractivity contribution >= 4 is 23.3 Å². The zero-order chi connectivity index (χ0) is 12.2. The van der Waals surface area contributed by atoms with Crippen LogP contribution in [0.3, 0.4) is 0 Å². The van der Waals surface area contributed by atoms with E-state index in [9.17, 15) is 0 Å². The van der Waals surface area contributed by atoms with Crippen LogP contribution in [0.5, 0.6) is 0 Å². The third-order valence-corrected chi connectivity index (χ3v) is 7.68. The lowest BCUT2D eigenvalue weighted by molar-refractivity contribution is 0.608. The van der Waals surface area contributed by atoms with E-state index in [4.69, 9.17) is 4.12 Å². The molecule has 0 radical (unpaired) electrons. The van der Waals surface area contributed by atoms with Crippen LogP contribution < -0.4 is 5.19 Å². The Morgan fingerprint density at radius 3 is 2.19 bits per heavy atom. The van der Waals surface area contributed by atoms with Crippen molar-refractivity contribution < 1.29 is 4.12 Å². The van der Waals surface area contributed by atoms with Crippen LogP contribution in [0.2, 0.25) is 19.6 Å². The van der Waals surface area contributed by atoms with Crippen LogP contribution in [-0.4, -0.2) is 18.1 Å². The molecule has 0 aliphatic carbocycles. The first kappa shape index (κ1) is 13.7. The first-order valence-corrected chi connectivity index (χ1v) is 10.8. The van der Waals surface area contributed by atoms with E-state index in [-0.39, 0.29) is 0 Å². The van der Waals surface area contributed by atoms with Gasteiger partial charge in [0, 0.05) is 0 Å². The second kappa shape index (κ2) is 5.80. The maximum Gasteiger partial charge on any atom is 0.178 e. The van der Waals surface area contributed by atoms with Crippen molar-refractivity contribution in [3.8, 4) is 0 Å². The van der Waals surface area contributed by atoms with E-state index < -0.39 is 18.1 Å². The zero-order valence-corrected chi connectivity index (χ0v) is 13.6. The molecule has 1 nitrogen and oxygen atoms in total. The van der Waals surface area contributed by atoms with E-state index in [1.165, 1.54) is 17.2 Å². The summed E-state index contributed by atoms with van der Waals surface area (Å²) in [7, 11) is -1.82. The third-order valence-electron chi connectivity index (χ3n) is 2.83. The van der Waals surface area contributed by atoms with Gasteiger partial charge in [-0.25, -0.2) is 0 Å². The van der Waals surface area contributed by atoms with Crippen LogP contribution in [0.1, 0.15) is 31.7 Å². The minimum Gasteiger partial charge on any atom is -0.457 e. The van der Waals surface area contributed by atoms with Crippen LogP contribution in [0.15, 0.2) is 24.3 Å². The number of hydrogen-bond acceptors (Lipinski definition) is 1. The van der Waals surface area contributed by atoms with Crippen LogP contribution in [0.4, 0.5) is 0 Å². The number of hydrogen-bond donors (Lipinski definition) is 0. The summed E-state index contributed by atoms with van der Waals surface area (Å²) in [6.07, 6.45) is 1.21. The summed E-state index contributed by atoms with van der Waals surface area (Å²) in [5, 5.41) is 1.43. The Kier molecular flexibility index (Phi) is 4.96. The standard InChI is InChI=1S/C13H24OSi2/c1-6-11(2)12-7-9-13(10-8-12)15-14-16(3,4)5/h7-11H,6,15H2,1-5H3. The highest BCUT2D eigenvalue weighted by molar-refractivity contribution is 6.75. The van der Waals surface area contributed by atoms with Crippen LogP contribution >= 0.6 is 0 Å². The van der Waals surface area contributed by atoms with E-state index in [2.05, 4.69) is 57.8 Å². The molecule has 1 aromatic rings. The molecule has 1 aromatic carbocycles. The van der Waals surface area contributed by atoms with Gasteiger partial charge in [0.2, 0.25) is 0 Å². The van der Waals surface area contributed by atoms with Gasteiger partial charge < -0.3 is 4.12 Å². The summed E-state index contributed by atoms with van der Waals surface area (Å²) in [6.45, 7) is 11.3. The van der Waals surface area contributed by atoms with Crippen LogP contribution in [0.25, 0.3) is 0 Å². The van der Waals surface area contributed by atoms with Crippen LogP contribution in [-0.2, 0) is 4.12 Å². The Morgan fingerprint density at radius 1 is 1.19 bits per heavy atom. The second-order valence-electron chi connectivity index (χ2n) is 5.45. The molecule has 1 rings (SSSR count). The average Bonchev–Trinajstić information content (AvgIpc) is 2.25. The summed E-state index contributed by atoms with van der Waals surface area (Å²) in [5.41, 5.74) is 1.45. The Bertz CT molecular complexity index is 314. The molecule has 0 fully saturated rings. The third kappa shape index (κ3) is 4.64. The van der Waals surface area contributed by atoms with Gasteiger partial charge in [0.25, 0.3) is 0 Å². The van der Waals surface area contributed by atoms with Gasteiger partial charge in [-0.05, 0) is 42.7 Å².